The molecule has 0 aliphatic carbocycles. The molecule has 0 spiro atoms. The SMILES string of the molecule is C[C@@H]1CN(c2ncc(Cl)c(Nc3cc4c(cc3F)N(C)C(=O)C4)n2)CC[C@H]1Nc1ccc2c(C3CCC(=O)NC3=O)nn(C)c2c1. The standard InChI is InChI=1S/C32H33ClFN9O3/c1-16-15-43(32-35-14-21(33)30(39-32)37-24-10-17-11-28(45)41(2)25(17)13-22(24)34)9-8-23(16)36-18-4-5-19-26(12-18)42(3)40-29(19)20-6-7-27(44)38-31(20)46/h4-5,10,12-14,16,20,23,36H,6-9,11,15H2,1-3H3,(H,35,37,39)(H,38,44,46)/t16-,20?,23-/m1/s1. The Morgan fingerprint density at radius 3 is 2.72 bits per heavy atom. The Labute approximate surface area is 269 Å². The largest absolute Gasteiger partial charge is 0.382 e. The van der Waals surface area contributed by atoms with Crippen molar-refractivity contribution in [3.8, 4) is 0 Å². The first-order chi connectivity index (χ1) is 22.0. The van der Waals surface area contributed by atoms with Crippen LogP contribution in [0.1, 0.15) is 43.4 Å². The average Bonchev–Trinajstić information content (AvgIpc) is 3.49. The maximum atomic E-state index is 15.0. The van der Waals surface area contributed by atoms with E-state index < -0.39 is 11.7 Å². The van der Waals surface area contributed by atoms with Gasteiger partial charge in [0.25, 0.3) is 0 Å². The van der Waals surface area contributed by atoms with Crippen LogP contribution in [0.4, 0.5) is 33.2 Å². The summed E-state index contributed by atoms with van der Waals surface area (Å²) in [7, 11) is 3.49. The fourth-order valence-electron chi connectivity index (χ4n) is 6.64. The Morgan fingerprint density at radius 2 is 1.93 bits per heavy atom. The van der Waals surface area contributed by atoms with Crippen LogP contribution >= 0.6 is 11.6 Å². The maximum Gasteiger partial charge on any atom is 0.235 e. The lowest BCUT2D eigenvalue weighted by Crippen LogP contribution is -2.46. The van der Waals surface area contributed by atoms with Gasteiger partial charge in [0.15, 0.2) is 5.82 Å². The average molecular weight is 646 g/mol. The molecule has 1 unspecified atom stereocenters. The van der Waals surface area contributed by atoms with Crippen LogP contribution in [-0.2, 0) is 27.9 Å². The first-order valence-corrected chi connectivity index (χ1v) is 15.6. The van der Waals surface area contributed by atoms with Crippen LogP contribution in [0.3, 0.4) is 0 Å². The molecule has 2 fully saturated rings. The summed E-state index contributed by atoms with van der Waals surface area (Å²) >= 11 is 6.41. The monoisotopic (exact) mass is 645 g/mol. The molecule has 2 aromatic carbocycles. The number of aryl methyl sites for hydroxylation is 1. The minimum Gasteiger partial charge on any atom is -0.382 e. The molecule has 2 aromatic heterocycles. The maximum absolute atomic E-state index is 15.0. The van der Waals surface area contributed by atoms with E-state index in [0.717, 1.165) is 28.6 Å². The number of piperidine rings is 2. The number of imide groups is 1. The molecule has 12 nitrogen and oxygen atoms in total. The van der Waals surface area contributed by atoms with Gasteiger partial charge in [-0.15, -0.1) is 0 Å². The van der Waals surface area contributed by atoms with E-state index in [0.29, 0.717) is 43.3 Å². The molecule has 3 atom stereocenters. The number of hydrogen-bond donors (Lipinski definition) is 3. The Hall–Kier alpha value is -4.78. The number of hydrogen-bond acceptors (Lipinski definition) is 9. The third-order valence-electron chi connectivity index (χ3n) is 9.22. The summed E-state index contributed by atoms with van der Waals surface area (Å²) in [5, 5.41) is 14.9. The first kappa shape index (κ1) is 29.9. The number of carbonyl (C=O) groups is 3. The van der Waals surface area contributed by atoms with Gasteiger partial charge in [0, 0.05) is 56.8 Å². The number of anilines is 5. The highest BCUT2D eigenvalue weighted by Crippen LogP contribution is 2.36. The van der Waals surface area contributed by atoms with Gasteiger partial charge in [-0.05, 0) is 48.6 Å². The minimum atomic E-state index is -0.506. The van der Waals surface area contributed by atoms with Crippen LogP contribution in [-0.4, -0.2) is 63.6 Å². The number of rotatable bonds is 6. The van der Waals surface area contributed by atoms with E-state index in [9.17, 15) is 18.8 Å². The molecule has 5 heterocycles. The van der Waals surface area contributed by atoms with Gasteiger partial charge in [-0.25, -0.2) is 9.37 Å². The van der Waals surface area contributed by atoms with Crippen molar-refractivity contribution >= 4 is 69.1 Å². The van der Waals surface area contributed by atoms with E-state index in [1.807, 2.05) is 25.2 Å². The van der Waals surface area contributed by atoms with Gasteiger partial charge in [-0.2, -0.15) is 10.1 Å². The molecule has 3 amide bonds. The molecule has 0 saturated carbocycles. The van der Waals surface area contributed by atoms with Crippen molar-refractivity contribution < 1.29 is 18.8 Å². The Morgan fingerprint density at radius 1 is 1.11 bits per heavy atom. The number of nitrogens with zero attached hydrogens (tertiary/aromatic N) is 6. The molecule has 0 bridgehead atoms. The summed E-state index contributed by atoms with van der Waals surface area (Å²) in [6.45, 7) is 3.55. The van der Waals surface area contributed by atoms with E-state index in [4.69, 9.17) is 11.6 Å². The van der Waals surface area contributed by atoms with Crippen molar-refractivity contribution in [1.82, 2.24) is 25.1 Å². The predicted molar refractivity (Wildman–Crippen MR) is 173 cm³/mol. The van der Waals surface area contributed by atoms with E-state index in [1.54, 1.807) is 17.8 Å². The van der Waals surface area contributed by atoms with Crippen LogP contribution in [0.15, 0.2) is 36.5 Å². The highest BCUT2D eigenvalue weighted by Gasteiger charge is 2.32. The van der Waals surface area contributed by atoms with Crippen molar-refractivity contribution in [2.45, 2.75) is 44.6 Å². The third-order valence-corrected chi connectivity index (χ3v) is 9.50. The van der Waals surface area contributed by atoms with Crippen molar-refractivity contribution in [3.05, 3.63) is 58.6 Å². The van der Waals surface area contributed by atoms with Crippen molar-refractivity contribution in [2.24, 2.45) is 13.0 Å². The lowest BCUT2D eigenvalue weighted by atomic mass is 9.92. The summed E-state index contributed by atoms with van der Waals surface area (Å²) in [4.78, 5) is 48.9. The van der Waals surface area contributed by atoms with E-state index >= 15 is 0 Å². The zero-order valence-corrected chi connectivity index (χ0v) is 26.4. The van der Waals surface area contributed by atoms with Gasteiger partial charge in [0.05, 0.1) is 41.1 Å². The molecule has 3 aliphatic rings. The van der Waals surface area contributed by atoms with Gasteiger partial charge in [0.1, 0.15) is 10.8 Å². The van der Waals surface area contributed by atoms with Crippen molar-refractivity contribution in [3.63, 3.8) is 0 Å². The highest BCUT2D eigenvalue weighted by molar-refractivity contribution is 6.33. The number of benzene rings is 2. The van der Waals surface area contributed by atoms with Gasteiger partial charge in [-0.1, -0.05) is 18.5 Å². The smallest absolute Gasteiger partial charge is 0.235 e. The summed E-state index contributed by atoms with van der Waals surface area (Å²) in [5.74, 6) is -0.571. The summed E-state index contributed by atoms with van der Waals surface area (Å²) in [6, 6.07) is 9.19. The number of likely N-dealkylation sites (N-methyl/N-ethyl adjacent to an activating group) is 1. The second-order valence-electron chi connectivity index (χ2n) is 12.3. The van der Waals surface area contributed by atoms with Gasteiger partial charge in [0.2, 0.25) is 23.7 Å². The third kappa shape index (κ3) is 5.38. The summed E-state index contributed by atoms with van der Waals surface area (Å²) in [5.41, 5.74) is 4.04. The molecule has 0 radical (unpaired) electrons. The highest BCUT2D eigenvalue weighted by atomic mass is 35.5. The molecule has 4 aromatic rings. The van der Waals surface area contributed by atoms with E-state index in [2.05, 4.69) is 42.8 Å². The molecule has 3 N–H and O–H groups in total. The van der Waals surface area contributed by atoms with Gasteiger partial charge >= 0.3 is 0 Å². The van der Waals surface area contributed by atoms with Crippen LogP contribution in [0, 0.1) is 11.7 Å². The quantitative estimate of drug-likeness (QED) is 0.263. The van der Waals surface area contributed by atoms with E-state index in [-0.39, 0.29) is 52.6 Å². The van der Waals surface area contributed by atoms with Crippen LogP contribution in [0.2, 0.25) is 5.02 Å². The van der Waals surface area contributed by atoms with E-state index in [1.165, 1.54) is 17.2 Å². The molecule has 46 heavy (non-hydrogen) atoms. The van der Waals surface area contributed by atoms with Crippen LogP contribution < -0.4 is 25.8 Å². The van der Waals surface area contributed by atoms with Crippen molar-refractivity contribution in [2.75, 3.05) is 40.6 Å². The predicted octanol–water partition coefficient (Wildman–Crippen LogP) is 4.27. The zero-order valence-electron chi connectivity index (χ0n) is 25.6. The molecule has 3 aliphatic heterocycles. The Kier molecular flexibility index (Phi) is 7.50. The second-order valence-corrected chi connectivity index (χ2v) is 12.7. The lowest BCUT2D eigenvalue weighted by molar-refractivity contribution is -0.134. The number of amides is 3. The van der Waals surface area contributed by atoms with Crippen LogP contribution in [0.25, 0.3) is 10.9 Å². The number of aromatic nitrogens is 4. The van der Waals surface area contributed by atoms with Gasteiger partial charge in [-0.3, -0.25) is 24.4 Å². The molecular formula is C32H33ClFN9O3. The number of fused-ring (bicyclic) bond motifs is 2. The fraction of sp³-hybridized carbons (Fsp3) is 0.375. The Balaban J connectivity index is 1.03. The number of nitrogens with one attached hydrogen (secondary N) is 3. The molecule has 2 saturated heterocycles. The summed E-state index contributed by atoms with van der Waals surface area (Å²) in [6.07, 6.45) is 3.30. The molecule has 238 valence electrons. The molecule has 14 heteroatoms. The minimum absolute atomic E-state index is 0.0858. The molecule has 7 rings (SSSR count). The fourth-order valence-corrected chi connectivity index (χ4v) is 6.78. The number of carbonyl (C=O) groups excluding carboxylic acids is 3. The Bertz CT molecular complexity index is 1910. The topological polar surface area (TPSA) is 137 Å². The molecular weight excluding hydrogens is 613 g/mol. The zero-order chi connectivity index (χ0) is 32.3. The lowest BCUT2D eigenvalue weighted by Gasteiger charge is -2.37. The van der Waals surface area contributed by atoms with Gasteiger partial charge < -0.3 is 20.4 Å². The normalized spacial score (nSPS) is 21.5. The second kappa shape index (κ2) is 11.5. The van der Waals surface area contributed by atoms with Crippen LogP contribution in [0.5, 0.6) is 0 Å². The first-order valence-electron chi connectivity index (χ1n) is 15.3. The summed E-state index contributed by atoms with van der Waals surface area (Å²) < 4.78 is 16.8. The number of halogens is 2. The van der Waals surface area contributed by atoms with Crippen molar-refractivity contribution in [1.29, 1.82) is 0 Å².